The molecule has 2 aliphatic carbocycles. The van der Waals surface area contributed by atoms with Crippen LogP contribution in [0.5, 0.6) is 0 Å². The van der Waals surface area contributed by atoms with Crippen molar-refractivity contribution in [2.45, 2.75) is 83.8 Å². The summed E-state index contributed by atoms with van der Waals surface area (Å²) in [6.45, 7) is 10.2. The summed E-state index contributed by atoms with van der Waals surface area (Å²) >= 11 is 0. The maximum atomic E-state index is 15.9. The van der Waals surface area contributed by atoms with E-state index in [-0.39, 0.29) is 75.6 Å². The number of fused-ring (bicyclic) bond motifs is 4. The minimum Gasteiger partial charge on any atom is -0.468 e. The third kappa shape index (κ3) is 15.8. The lowest BCUT2D eigenvalue weighted by molar-refractivity contribution is -0.141. The Morgan fingerprint density at radius 2 is 1.42 bits per heavy atom. The molecule has 2 atom stereocenters. The van der Waals surface area contributed by atoms with Crippen LogP contribution in [0.25, 0.3) is 32.9 Å². The predicted octanol–water partition coefficient (Wildman–Crippen LogP) is 3.61. The zero-order chi connectivity index (χ0) is 63.4. The van der Waals surface area contributed by atoms with Crippen LogP contribution in [0.1, 0.15) is 72.5 Å². The van der Waals surface area contributed by atoms with Gasteiger partial charge in [-0.05, 0) is 81.8 Å². The molecular weight excluding hydrogens is 1180 g/mol. The molecule has 29 heteroatoms. The van der Waals surface area contributed by atoms with E-state index in [0.29, 0.717) is 154 Å². The number of nitrogens with one attached hydrogen (secondary N) is 5. The first-order chi connectivity index (χ1) is 43.5. The number of nitrogens with zero attached hydrogens (tertiary/aromatic N) is 9. The number of anilines is 1. The van der Waals surface area contributed by atoms with Gasteiger partial charge in [0.05, 0.1) is 134 Å². The molecule has 486 valence electrons. The number of hydrogen-bond acceptors (Lipinski definition) is 17. The largest absolute Gasteiger partial charge is 0.468 e. The molecule has 10 rings (SSSR count). The quantitative estimate of drug-likeness (QED) is 0.0298. The molecule has 6 aromatic rings. The van der Waals surface area contributed by atoms with E-state index in [2.05, 4.69) is 56.4 Å². The lowest BCUT2D eigenvalue weighted by Crippen LogP contribution is -2.42. The molecule has 2 aromatic carbocycles. The van der Waals surface area contributed by atoms with E-state index in [1.54, 1.807) is 49.3 Å². The molecule has 3 fully saturated rings. The highest BCUT2D eigenvalue weighted by molar-refractivity contribution is 6.04. The Morgan fingerprint density at radius 1 is 0.744 bits per heavy atom. The molecule has 0 radical (unpaired) electrons. The van der Waals surface area contributed by atoms with Gasteiger partial charge in [0.25, 0.3) is 11.8 Å². The summed E-state index contributed by atoms with van der Waals surface area (Å²) in [5.74, 6) is -5.81. The summed E-state index contributed by atoms with van der Waals surface area (Å²) < 4.78 is 82.4. The Hall–Kier alpha value is -7.83. The highest BCUT2D eigenvalue weighted by Crippen LogP contribution is 2.70. The van der Waals surface area contributed by atoms with Crippen molar-refractivity contribution in [3.63, 3.8) is 0 Å². The molecule has 2 aliphatic heterocycles. The second-order valence-electron chi connectivity index (χ2n) is 23.4. The first kappa shape index (κ1) is 65.1. The number of rotatable bonds is 32. The minimum atomic E-state index is -2.75. The van der Waals surface area contributed by atoms with Gasteiger partial charge >= 0.3 is 5.97 Å². The standard InChI is InChI=1S/C61H79F3N14O12/c1-39-57-44(5-4-6-49(57)78(73-39)38-54(81)66-33-52(79)67-34-56(83)85-3)45-28-50-41(27-47(45)62)31-68-77(50)35-40-7-13-74(14-8-40)37-53(80)65-12-18-87-20-22-89-24-26-90-25-23-88-21-19-86-17-11-55(82)75-15-9-43(10-16-75)76-36-42(32-69-76)70-59(84)58-46-29-51-60(2,61(51,63)64)30-48(46)71-72-58/h4-6,27-28,31-32,36,40,43,51H,7-26,29-30,33-35,37-38H2,1-3H3,(H,65,80)(H,66,81)(H,67,79)(H,70,84)(H,71,72)/t51-,60+/m1/s1. The van der Waals surface area contributed by atoms with Crippen LogP contribution >= 0.6 is 0 Å². The number of carbonyl (C=O) groups is 6. The van der Waals surface area contributed by atoms with Crippen molar-refractivity contribution in [2.75, 3.05) is 131 Å². The van der Waals surface area contributed by atoms with Gasteiger partial charge in [0, 0.05) is 77.7 Å². The van der Waals surface area contributed by atoms with Crippen LogP contribution in [0, 0.1) is 30.0 Å². The summed E-state index contributed by atoms with van der Waals surface area (Å²) in [4.78, 5) is 78.9. The van der Waals surface area contributed by atoms with Gasteiger partial charge in [-0.25, -0.2) is 13.2 Å². The summed E-state index contributed by atoms with van der Waals surface area (Å²) in [5.41, 5.74) is 3.69. The van der Waals surface area contributed by atoms with Crippen molar-refractivity contribution in [2.24, 2.45) is 17.3 Å². The van der Waals surface area contributed by atoms with Gasteiger partial charge in [0.1, 0.15) is 18.9 Å². The van der Waals surface area contributed by atoms with Crippen molar-refractivity contribution in [1.82, 2.24) is 65.3 Å². The lowest BCUT2D eigenvalue weighted by Gasteiger charge is -2.32. The van der Waals surface area contributed by atoms with E-state index < -0.39 is 46.8 Å². The molecule has 1 saturated carbocycles. The van der Waals surface area contributed by atoms with Crippen LogP contribution in [0.4, 0.5) is 18.9 Å². The Kier molecular flexibility index (Phi) is 21.6. The van der Waals surface area contributed by atoms with E-state index in [4.69, 9.17) is 23.7 Å². The summed E-state index contributed by atoms with van der Waals surface area (Å²) in [6, 6.07) is 8.75. The number of benzene rings is 2. The van der Waals surface area contributed by atoms with E-state index in [1.165, 1.54) is 17.9 Å². The number of aryl methyl sites for hydroxylation is 1. The number of H-pyrrole nitrogens is 1. The first-order valence-electron chi connectivity index (χ1n) is 30.7. The van der Waals surface area contributed by atoms with E-state index in [9.17, 15) is 37.5 Å². The number of carbonyl (C=O) groups excluding carboxylic acids is 6. The Bertz CT molecular complexity index is 3500. The maximum absolute atomic E-state index is 15.9. The summed E-state index contributed by atoms with van der Waals surface area (Å²) in [6.07, 6.45) is 8.63. The summed E-state index contributed by atoms with van der Waals surface area (Å²) in [5, 5.41) is 32.6. The van der Waals surface area contributed by atoms with E-state index in [0.717, 1.165) is 31.4 Å². The van der Waals surface area contributed by atoms with Gasteiger partial charge in [-0.2, -0.15) is 20.4 Å². The smallest absolute Gasteiger partial charge is 0.325 e. The van der Waals surface area contributed by atoms with Crippen LogP contribution in [-0.4, -0.2) is 216 Å². The average molecular weight is 1260 g/mol. The number of halogens is 3. The molecule has 4 aliphatic rings. The average Bonchev–Trinajstić information content (AvgIpc) is 1.51. The van der Waals surface area contributed by atoms with Crippen molar-refractivity contribution < 1.29 is 70.4 Å². The molecule has 0 bridgehead atoms. The van der Waals surface area contributed by atoms with Crippen LogP contribution in [0.2, 0.25) is 0 Å². The first-order valence-corrected chi connectivity index (χ1v) is 30.7. The molecule has 0 unspecified atom stereocenters. The highest BCUT2D eigenvalue weighted by atomic mass is 19.3. The number of esters is 1. The molecule has 5 amide bonds. The molecular formula is C61H79F3N14O12. The maximum Gasteiger partial charge on any atom is 0.325 e. The Labute approximate surface area is 517 Å². The number of aromatic amines is 1. The molecule has 6 heterocycles. The van der Waals surface area contributed by atoms with E-state index in [1.807, 2.05) is 21.7 Å². The molecule has 0 spiro atoms. The van der Waals surface area contributed by atoms with Crippen LogP contribution in [-0.2, 0) is 78.3 Å². The zero-order valence-electron chi connectivity index (χ0n) is 51.0. The predicted molar refractivity (Wildman–Crippen MR) is 320 cm³/mol. The van der Waals surface area contributed by atoms with Crippen molar-refractivity contribution in [1.29, 1.82) is 0 Å². The number of likely N-dealkylation sites (tertiary alicyclic amines) is 2. The van der Waals surface area contributed by atoms with Crippen LogP contribution < -0.4 is 21.3 Å². The number of piperidine rings is 2. The third-order valence-corrected chi connectivity index (χ3v) is 17.4. The SMILES string of the molecule is COC(=O)CNC(=O)CNC(=O)Cn1nc(C)c2c(-c3cc4c(cnn4CC4CCN(CC(=O)NCCOCCOCCOCCOCCOCCC(=O)N5CCC(n6cc(NC(=O)c7n[nH]c8c7C[C@H]7C(F)(F)[C@@]7(C)C8)cn6)CC5)CC4)cc3F)cccc21. The van der Waals surface area contributed by atoms with E-state index >= 15 is 4.39 Å². The monoisotopic (exact) mass is 1260 g/mol. The highest BCUT2D eigenvalue weighted by Gasteiger charge is 2.78. The van der Waals surface area contributed by atoms with Gasteiger partial charge in [-0.15, -0.1) is 0 Å². The zero-order valence-corrected chi connectivity index (χ0v) is 51.0. The number of alkyl halides is 2. The Balaban J connectivity index is 0.514. The van der Waals surface area contributed by atoms with Crippen LogP contribution in [0.3, 0.4) is 0 Å². The second kappa shape index (κ2) is 29.9. The summed E-state index contributed by atoms with van der Waals surface area (Å²) in [7, 11) is 1.21. The fourth-order valence-corrected chi connectivity index (χ4v) is 12.3. The lowest BCUT2D eigenvalue weighted by atomic mass is 9.87. The van der Waals surface area contributed by atoms with Gasteiger partial charge in [-0.1, -0.05) is 19.1 Å². The molecule has 26 nitrogen and oxygen atoms in total. The van der Waals surface area contributed by atoms with Gasteiger partial charge in [-0.3, -0.25) is 52.8 Å². The van der Waals surface area contributed by atoms with Gasteiger partial charge < -0.3 is 54.6 Å². The fourth-order valence-electron chi connectivity index (χ4n) is 12.3. The Morgan fingerprint density at radius 3 is 2.13 bits per heavy atom. The van der Waals surface area contributed by atoms with Crippen LogP contribution in [0.15, 0.2) is 48.9 Å². The number of ether oxygens (including phenoxy) is 6. The minimum absolute atomic E-state index is 0.0167. The topological polar surface area (TPSA) is 295 Å². The number of hydrogen-bond donors (Lipinski definition) is 5. The number of methoxy groups -OCH3 is 1. The molecule has 5 N–H and O–H groups in total. The normalized spacial score (nSPS) is 18.3. The fraction of sp³-hybridized carbons (Fsp3) is 0.574. The van der Waals surface area contributed by atoms with Crippen molar-refractivity contribution in [3.05, 3.63) is 77.4 Å². The molecule has 4 aromatic heterocycles. The van der Waals surface area contributed by atoms with Crippen molar-refractivity contribution in [3.8, 4) is 11.1 Å². The van der Waals surface area contributed by atoms with Gasteiger partial charge in [0.15, 0.2) is 5.69 Å². The van der Waals surface area contributed by atoms with Crippen molar-refractivity contribution >= 4 is 63.0 Å². The number of aromatic nitrogens is 8. The second-order valence-corrected chi connectivity index (χ2v) is 23.4. The third-order valence-electron chi connectivity index (χ3n) is 17.4. The number of amides is 5. The van der Waals surface area contributed by atoms with Gasteiger partial charge in [0.2, 0.25) is 23.6 Å². The molecule has 2 saturated heterocycles. The molecule has 90 heavy (non-hydrogen) atoms.